The molecule has 1 amide bonds. The number of ether oxygens (including phenoxy) is 1. The van der Waals surface area contributed by atoms with Gasteiger partial charge >= 0.3 is 6.09 Å². The second-order valence-electron chi connectivity index (χ2n) is 4.66. The number of amides is 1. The third-order valence-corrected chi connectivity index (χ3v) is 1.79. The minimum absolute atomic E-state index is 0.164. The van der Waals surface area contributed by atoms with E-state index in [9.17, 15) is 4.79 Å². The summed E-state index contributed by atoms with van der Waals surface area (Å²) in [5, 5.41) is 0. The van der Waals surface area contributed by atoms with Crippen molar-refractivity contribution in [3.8, 4) is 0 Å². The van der Waals surface area contributed by atoms with Crippen LogP contribution in [0.5, 0.6) is 0 Å². The topological polar surface area (TPSA) is 29.5 Å². The van der Waals surface area contributed by atoms with E-state index in [1.807, 2.05) is 13.8 Å². The molecule has 0 aromatic heterocycles. The SMILES string of the molecule is CCC.CCCN(CCC)C(=O)OCC(C)C. The van der Waals surface area contributed by atoms with Crippen molar-refractivity contribution < 1.29 is 9.53 Å². The molecule has 0 bridgehead atoms. The maximum Gasteiger partial charge on any atom is 0.409 e. The highest BCUT2D eigenvalue weighted by molar-refractivity contribution is 5.67. The Hall–Kier alpha value is -0.730. The van der Waals surface area contributed by atoms with Crippen molar-refractivity contribution in [2.24, 2.45) is 5.92 Å². The summed E-state index contributed by atoms with van der Waals surface area (Å²) < 4.78 is 5.16. The van der Waals surface area contributed by atoms with Gasteiger partial charge in [0.1, 0.15) is 0 Å². The zero-order chi connectivity index (χ0) is 13.7. The van der Waals surface area contributed by atoms with Gasteiger partial charge in [-0.25, -0.2) is 4.79 Å². The first kappa shape index (κ1) is 18.6. The fourth-order valence-corrected chi connectivity index (χ4v) is 1.16. The third kappa shape index (κ3) is 13.2. The van der Waals surface area contributed by atoms with E-state index in [0.29, 0.717) is 12.5 Å². The Labute approximate surface area is 108 Å². The molecule has 3 heteroatoms. The van der Waals surface area contributed by atoms with Gasteiger partial charge in [-0.15, -0.1) is 0 Å². The van der Waals surface area contributed by atoms with E-state index in [-0.39, 0.29) is 6.09 Å². The van der Waals surface area contributed by atoms with Crippen LogP contribution in [0.15, 0.2) is 0 Å². The number of hydrogen-bond donors (Lipinski definition) is 0. The predicted molar refractivity (Wildman–Crippen MR) is 74.3 cm³/mol. The molecule has 0 aliphatic rings. The summed E-state index contributed by atoms with van der Waals surface area (Å²) in [5.74, 6) is 0.407. The van der Waals surface area contributed by atoms with Gasteiger partial charge in [-0.2, -0.15) is 0 Å². The molecular formula is C14H31NO2. The predicted octanol–water partition coefficient (Wildman–Crippen LogP) is 4.32. The number of carbonyl (C=O) groups excluding carboxylic acids is 1. The van der Waals surface area contributed by atoms with Crippen molar-refractivity contribution in [3.63, 3.8) is 0 Å². The molecule has 104 valence electrons. The lowest BCUT2D eigenvalue weighted by molar-refractivity contribution is 0.0920. The Bertz CT molecular complexity index is 164. The van der Waals surface area contributed by atoms with E-state index in [1.54, 1.807) is 4.90 Å². The summed E-state index contributed by atoms with van der Waals surface area (Å²) in [6.07, 6.45) is 3.05. The Kier molecular flexibility index (Phi) is 14.6. The average Bonchev–Trinajstić information content (AvgIpc) is 2.26. The molecular weight excluding hydrogens is 214 g/mol. The molecule has 0 rings (SSSR count). The quantitative estimate of drug-likeness (QED) is 0.697. The van der Waals surface area contributed by atoms with E-state index in [4.69, 9.17) is 4.74 Å². The lowest BCUT2D eigenvalue weighted by Gasteiger charge is -2.21. The largest absolute Gasteiger partial charge is 0.449 e. The van der Waals surface area contributed by atoms with E-state index >= 15 is 0 Å². The number of carbonyl (C=O) groups is 1. The van der Waals surface area contributed by atoms with Crippen LogP contribution < -0.4 is 0 Å². The maximum absolute atomic E-state index is 11.5. The fourth-order valence-electron chi connectivity index (χ4n) is 1.16. The third-order valence-electron chi connectivity index (χ3n) is 1.79. The maximum atomic E-state index is 11.5. The molecule has 0 aliphatic carbocycles. The van der Waals surface area contributed by atoms with Crippen molar-refractivity contribution in [1.29, 1.82) is 0 Å². The molecule has 17 heavy (non-hydrogen) atoms. The molecule has 0 atom stereocenters. The Morgan fingerprint density at radius 3 is 1.76 bits per heavy atom. The molecule has 0 saturated heterocycles. The second-order valence-corrected chi connectivity index (χ2v) is 4.66. The van der Waals surface area contributed by atoms with Crippen LogP contribution in [0.2, 0.25) is 0 Å². The molecule has 3 nitrogen and oxygen atoms in total. The van der Waals surface area contributed by atoms with Crippen molar-refractivity contribution >= 4 is 6.09 Å². The standard InChI is InChI=1S/C11H23NO2.C3H8/c1-5-7-12(8-6-2)11(13)14-9-10(3)4;1-3-2/h10H,5-9H2,1-4H3;3H2,1-2H3. The highest BCUT2D eigenvalue weighted by Gasteiger charge is 2.12. The smallest absolute Gasteiger partial charge is 0.409 e. The first-order valence-corrected chi connectivity index (χ1v) is 6.94. The molecule has 0 radical (unpaired) electrons. The van der Waals surface area contributed by atoms with Crippen LogP contribution in [0.1, 0.15) is 60.8 Å². The summed E-state index contributed by atoms with van der Waals surface area (Å²) in [4.78, 5) is 13.3. The summed E-state index contributed by atoms with van der Waals surface area (Å²) >= 11 is 0. The molecule has 0 unspecified atom stereocenters. The van der Waals surface area contributed by atoms with E-state index in [2.05, 4.69) is 27.7 Å². The molecule has 0 saturated carbocycles. The van der Waals surface area contributed by atoms with E-state index in [1.165, 1.54) is 6.42 Å². The fraction of sp³-hybridized carbons (Fsp3) is 0.929. The molecule has 0 N–H and O–H groups in total. The lowest BCUT2D eigenvalue weighted by atomic mass is 10.2. The second kappa shape index (κ2) is 13.3. The molecule has 0 aromatic carbocycles. The van der Waals surface area contributed by atoms with Gasteiger partial charge in [-0.1, -0.05) is 48.0 Å². The number of hydrogen-bond acceptors (Lipinski definition) is 2. The summed E-state index contributed by atoms with van der Waals surface area (Å²) in [7, 11) is 0. The summed E-state index contributed by atoms with van der Waals surface area (Å²) in [6.45, 7) is 14.6. The van der Waals surface area contributed by atoms with Gasteiger partial charge in [0, 0.05) is 13.1 Å². The van der Waals surface area contributed by atoms with Crippen LogP contribution in [0, 0.1) is 5.92 Å². The number of rotatable bonds is 6. The Morgan fingerprint density at radius 1 is 1.06 bits per heavy atom. The Morgan fingerprint density at radius 2 is 1.47 bits per heavy atom. The van der Waals surface area contributed by atoms with Crippen LogP contribution >= 0.6 is 0 Å². The molecule has 0 aliphatic heterocycles. The monoisotopic (exact) mass is 245 g/mol. The average molecular weight is 245 g/mol. The van der Waals surface area contributed by atoms with Crippen LogP contribution in [0.25, 0.3) is 0 Å². The minimum Gasteiger partial charge on any atom is -0.449 e. The van der Waals surface area contributed by atoms with Gasteiger partial charge in [0.15, 0.2) is 0 Å². The summed E-state index contributed by atoms with van der Waals surface area (Å²) in [5.41, 5.74) is 0. The highest BCUT2D eigenvalue weighted by atomic mass is 16.6. The first-order valence-electron chi connectivity index (χ1n) is 6.94. The first-order chi connectivity index (χ1) is 8.03. The van der Waals surface area contributed by atoms with Gasteiger partial charge in [-0.05, 0) is 18.8 Å². The van der Waals surface area contributed by atoms with Crippen LogP contribution in [-0.2, 0) is 4.74 Å². The van der Waals surface area contributed by atoms with Crippen molar-refractivity contribution in [2.45, 2.75) is 60.8 Å². The highest BCUT2D eigenvalue weighted by Crippen LogP contribution is 2.01. The van der Waals surface area contributed by atoms with Gasteiger partial charge in [0.2, 0.25) is 0 Å². The zero-order valence-corrected chi connectivity index (χ0v) is 12.6. The van der Waals surface area contributed by atoms with E-state index < -0.39 is 0 Å². The van der Waals surface area contributed by atoms with Gasteiger partial charge in [-0.3, -0.25) is 0 Å². The normalized spacial score (nSPS) is 9.59. The summed E-state index contributed by atoms with van der Waals surface area (Å²) in [6, 6.07) is 0. The molecule has 0 spiro atoms. The number of nitrogens with zero attached hydrogens (tertiary/aromatic N) is 1. The van der Waals surface area contributed by atoms with E-state index in [0.717, 1.165) is 25.9 Å². The van der Waals surface area contributed by atoms with Crippen LogP contribution in [0.3, 0.4) is 0 Å². The van der Waals surface area contributed by atoms with Crippen LogP contribution in [0.4, 0.5) is 4.79 Å². The Balaban J connectivity index is 0. The molecule has 0 aromatic rings. The minimum atomic E-state index is -0.164. The van der Waals surface area contributed by atoms with Crippen molar-refractivity contribution in [3.05, 3.63) is 0 Å². The zero-order valence-electron chi connectivity index (χ0n) is 12.6. The molecule has 0 fully saturated rings. The molecule has 0 heterocycles. The van der Waals surface area contributed by atoms with Crippen molar-refractivity contribution in [1.82, 2.24) is 4.90 Å². The van der Waals surface area contributed by atoms with Crippen molar-refractivity contribution in [2.75, 3.05) is 19.7 Å². The van der Waals surface area contributed by atoms with Crippen LogP contribution in [-0.4, -0.2) is 30.7 Å². The lowest BCUT2D eigenvalue weighted by Crippen LogP contribution is -2.33. The van der Waals surface area contributed by atoms with Gasteiger partial charge in [0.25, 0.3) is 0 Å². The van der Waals surface area contributed by atoms with Gasteiger partial charge < -0.3 is 9.64 Å². The van der Waals surface area contributed by atoms with Gasteiger partial charge in [0.05, 0.1) is 6.61 Å².